The van der Waals surface area contributed by atoms with E-state index >= 15 is 0 Å². The lowest BCUT2D eigenvalue weighted by Crippen LogP contribution is -2.35. The number of pyridine rings is 1. The van der Waals surface area contributed by atoms with Crippen LogP contribution in [0.2, 0.25) is 0 Å². The Bertz CT molecular complexity index is 2220. The van der Waals surface area contributed by atoms with Crippen molar-refractivity contribution in [1.82, 2.24) is 40.5 Å². The van der Waals surface area contributed by atoms with Gasteiger partial charge in [0.2, 0.25) is 12.3 Å². The maximum atomic E-state index is 12.1. The highest BCUT2D eigenvalue weighted by atomic mass is 16.5. The van der Waals surface area contributed by atoms with E-state index in [1.807, 2.05) is 64.2 Å². The molecule has 5 aromatic rings. The molecule has 59 heavy (non-hydrogen) atoms. The number of ether oxygens (including phenoxy) is 1. The lowest BCUT2D eigenvalue weighted by atomic mass is 9.88. The Hall–Kier alpha value is -5.82. The van der Waals surface area contributed by atoms with Crippen molar-refractivity contribution in [1.29, 1.82) is 0 Å². The number of carbonyl (C=O) groups is 3. The number of alkyl carbamates (subject to hydrolysis) is 1. The molecule has 1 aliphatic heterocycles. The number of amides is 3. The largest absolute Gasteiger partial charge is 0.453 e. The average Bonchev–Trinajstić information content (AvgIpc) is 4.13. The highest BCUT2D eigenvalue weighted by Crippen LogP contribution is 2.50. The highest BCUT2D eigenvalue weighted by molar-refractivity contribution is 5.84. The Labute approximate surface area is 345 Å². The normalized spacial score (nSPS) is 22.7. The zero-order valence-corrected chi connectivity index (χ0v) is 34.6. The summed E-state index contributed by atoms with van der Waals surface area (Å²) in [6, 6.07) is 16.4. The SMILES string of the molecule is COC(=O)NC(C)C(C)C.C[C@@]1(O)c2cc(-c3cnc[nH]3)ccc2-c2ccc(-c3cnc(C4CCCN4C=O)[nH]3)cc21.O=C(NCc1cccnc1)C1CC2CCC1C2. The van der Waals surface area contributed by atoms with E-state index in [1.54, 1.807) is 29.8 Å². The van der Waals surface area contributed by atoms with E-state index in [9.17, 15) is 19.5 Å². The van der Waals surface area contributed by atoms with Gasteiger partial charge in [0.15, 0.2) is 0 Å². The molecule has 3 aliphatic carbocycles. The number of methoxy groups -OCH3 is 1. The lowest BCUT2D eigenvalue weighted by molar-refractivity contribution is -0.126. The Kier molecular flexibility index (Phi) is 12.6. The second-order valence-electron chi connectivity index (χ2n) is 16.8. The second-order valence-corrected chi connectivity index (χ2v) is 16.8. The smallest absolute Gasteiger partial charge is 0.407 e. The van der Waals surface area contributed by atoms with Gasteiger partial charge in [-0.15, -0.1) is 0 Å². The third-order valence-corrected chi connectivity index (χ3v) is 12.6. The number of fused-ring (bicyclic) bond motifs is 5. The maximum absolute atomic E-state index is 12.1. The molecule has 3 fully saturated rings. The number of rotatable bonds is 9. The van der Waals surface area contributed by atoms with Crippen molar-refractivity contribution < 1.29 is 24.2 Å². The zero-order chi connectivity index (χ0) is 41.7. The predicted molar refractivity (Wildman–Crippen MR) is 225 cm³/mol. The number of aliphatic hydroxyl groups is 1. The number of benzene rings is 2. The number of hydrogen-bond donors (Lipinski definition) is 5. The monoisotopic (exact) mass is 800 g/mol. The number of nitrogens with one attached hydrogen (secondary N) is 4. The molecule has 310 valence electrons. The lowest BCUT2D eigenvalue weighted by Gasteiger charge is -2.21. The van der Waals surface area contributed by atoms with E-state index in [2.05, 4.69) is 58.5 Å². The standard InChI is InChI=1S/C25H23N5O2.C14H18N2O.C7H15NO2/c1-25(32)19-9-15(21-11-26-13-28-21)4-6-17(19)18-7-5-16(10-20(18)25)22-12-27-24(29-22)23-3-2-8-30(23)14-31;17-14(13-7-10-3-4-12(13)6-10)16-9-11-2-1-5-15-8-11;1-5(2)6(3)8-7(9)10-4/h4-7,9-14,23,32H,2-3,8H2,1H3,(H,26,28)(H,27,29);1-2,5,8,10,12-13H,3-4,6-7,9H2,(H,16,17);5-6H,1-4H3,(H,8,9)/t23?,25-;;/m1../s1. The van der Waals surface area contributed by atoms with Crippen molar-refractivity contribution in [3.05, 3.63) is 102 Å². The fourth-order valence-corrected chi connectivity index (χ4v) is 8.92. The Balaban J connectivity index is 0.000000163. The molecule has 6 atom stereocenters. The van der Waals surface area contributed by atoms with Crippen LogP contribution in [-0.4, -0.2) is 73.0 Å². The Morgan fingerprint density at radius 3 is 2.32 bits per heavy atom. The molecule has 4 heterocycles. The van der Waals surface area contributed by atoms with E-state index in [0.29, 0.717) is 18.4 Å². The van der Waals surface area contributed by atoms with Crippen molar-refractivity contribution in [2.45, 2.75) is 90.4 Å². The topological polar surface area (TPSA) is 178 Å². The molecule has 1 saturated heterocycles. The summed E-state index contributed by atoms with van der Waals surface area (Å²) in [6.07, 6.45) is 16.2. The fourth-order valence-electron chi connectivity index (χ4n) is 8.92. The van der Waals surface area contributed by atoms with Gasteiger partial charge in [0.1, 0.15) is 11.4 Å². The van der Waals surface area contributed by atoms with Crippen molar-refractivity contribution in [2.75, 3.05) is 13.7 Å². The van der Waals surface area contributed by atoms with Crippen LogP contribution in [0.3, 0.4) is 0 Å². The minimum absolute atomic E-state index is 0.00365. The molecule has 2 bridgehead atoms. The van der Waals surface area contributed by atoms with E-state index in [4.69, 9.17) is 0 Å². The minimum Gasteiger partial charge on any atom is -0.453 e. The number of aromatic nitrogens is 5. The molecule has 2 saturated carbocycles. The van der Waals surface area contributed by atoms with Gasteiger partial charge >= 0.3 is 6.09 Å². The van der Waals surface area contributed by atoms with Gasteiger partial charge in [-0.1, -0.05) is 50.6 Å². The minimum atomic E-state index is -1.11. The Morgan fingerprint density at radius 1 is 0.983 bits per heavy atom. The third-order valence-electron chi connectivity index (χ3n) is 12.6. The molecule has 5 N–H and O–H groups in total. The first-order chi connectivity index (χ1) is 28.5. The number of likely N-dealkylation sites (tertiary alicyclic amines) is 1. The van der Waals surface area contributed by atoms with Crippen LogP contribution in [-0.2, 0) is 26.5 Å². The summed E-state index contributed by atoms with van der Waals surface area (Å²) in [4.78, 5) is 55.0. The molecule has 0 radical (unpaired) electrons. The summed E-state index contributed by atoms with van der Waals surface area (Å²) >= 11 is 0. The van der Waals surface area contributed by atoms with E-state index in [0.717, 1.165) is 94.3 Å². The molecule has 13 nitrogen and oxygen atoms in total. The summed E-state index contributed by atoms with van der Waals surface area (Å²) in [5.74, 6) is 3.28. The van der Waals surface area contributed by atoms with Crippen molar-refractivity contribution >= 4 is 18.4 Å². The number of hydrogen-bond acceptors (Lipinski definition) is 8. The highest BCUT2D eigenvalue weighted by Gasteiger charge is 2.43. The zero-order valence-electron chi connectivity index (χ0n) is 34.6. The molecule has 3 aromatic heterocycles. The first kappa shape index (κ1) is 41.3. The maximum Gasteiger partial charge on any atom is 0.407 e. The van der Waals surface area contributed by atoms with Gasteiger partial charge < -0.3 is 35.3 Å². The number of aromatic amines is 2. The molecule has 0 spiro atoms. The molecular formula is C46H56N8O5. The molecular weight excluding hydrogens is 745 g/mol. The molecule has 4 aliphatic rings. The number of imidazole rings is 2. The van der Waals surface area contributed by atoms with Gasteiger partial charge in [0, 0.05) is 37.4 Å². The number of carbonyl (C=O) groups excluding carboxylic acids is 3. The van der Waals surface area contributed by atoms with E-state index < -0.39 is 5.60 Å². The van der Waals surface area contributed by atoms with Crippen LogP contribution < -0.4 is 10.6 Å². The summed E-state index contributed by atoms with van der Waals surface area (Å²) in [5, 5.41) is 17.3. The van der Waals surface area contributed by atoms with Gasteiger partial charge in [0.25, 0.3) is 0 Å². The van der Waals surface area contributed by atoms with Gasteiger partial charge in [-0.3, -0.25) is 14.6 Å². The van der Waals surface area contributed by atoms with E-state index in [-0.39, 0.29) is 30.0 Å². The van der Waals surface area contributed by atoms with Crippen LogP contribution in [0.1, 0.15) is 94.8 Å². The second kappa shape index (κ2) is 18.0. The fraction of sp³-hybridized carbons (Fsp3) is 0.435. The van der Waals surface area contributed by atoms with Gasteiger partial charge in [0.05, 0.1) is 43.3 Å². The van der Waals surface area contributed by atoms with E-state index in [1.165, 1.54) is 26.4 Å². The molecule has 13 heteroatoms. The first-order valence-corrected chi connectivity index (χ1v) is 20.7. The molecule has 5 unspecified atom stereocenters. The van der Waals surface area contributed by atoms with Crippen molar-refractivity contribution in [3.8, 4) is 33.6 Å². The van der Waals surface area contributed by atoms with Gasteiger partial charge in [-0.25, -0.2) is 14.8 Å². The summed E-state index contributed by atoms with van der Waals surface area (Å²) in [6.45, 7) is 9.26. The number of H-pyrrole nitrogens is 2. The first-order valence-electron chi connectivity index (χ1n) is 20.7. The van der Waals surface area contributed by atoms with Crippen molar-refractivity contribution in [2.24, 2.45) is 23.7 Å². The summed E-state index contributed by atoms with van der Waals surface area (Å²) in [7, 11) is 1.36. The molecule has 2 aromatic carbocycles. The summed E-state index contributed by atoms with van der Waals surface area (Å²) in [5.41, 5.74) is 7.54. The quantitative estimate of drug-likeness (QED) is 0.0951. The van der Waals surface area contributed by atoms with Crippen LogP contribution in [0, 0.1) is 23.7 Å². The molecule has 3 amide bonds. The molecule has 9 rings (SSSR count). The van der Waals surface area contributed by atoms with Crippen LogP contribution in [0.5, 0.6) is 0 Å². The third kappa shape index (κ3) is 9.10. The predicted octanol–water partition coefficient (Wildman–Crippen LogP) is 7.52. The van der Waals surface area contributed by atoms with Gasteiger partial charge in [-0.2, -0.15) is 0 Å². The van der Waals surface area contributed by atoms with Crippen LogP contribution in [0.15, 0.2) is 79.6 Å². The van der Waals surface area contributed by atoms with Crippen LogP contribution >= 0.6 is 0 Å². The van der Waals surface area contributed by atoms with Crippen LogP contribution in [0.4, 0.5) is 4.79 Å². The summed E-state index contributed by atoms with van der Waals surface area (Å²) < 4.78 is 4.42. The van der Waals surface area contributed by atoms with Crippen molar-refractivity contribution in [3.63, 3.8) is 0 Å². The van der Waals surface area contributed by atoms with Gasteiger partial charge in [-0.05, 0) is 121 Å². The van der Waals surface area contributed by atoms with Crippen LogP contribution in [0.25, 0.3) is 33.6 Å². The number of nitrogens with zero attached hydrogens (tertiary/aromatic N) is 4. The Morgan fingerprint density at radius 2 is 1.73 bits per heavy atom. The average molecular weight is 801 g/mol.